The van der Waals surface area contributed by atoms with Gasteiger partial charge in [0.05, 0.1) is 19.9 Å². The molecule has 4 N–H and O–H groups in total. The van der Waals surface area contributed by atoms with E-state index in [2.05, 4.69) is 0 Å². The highest BCUT2D eigenvalue weighted by Crippen LogP contribution is 2.22. The Kier molecular flexibility index (Phi) is 4.27. The minimum atomic E-state index is -0.916. The van der Waals surface area contributed by atoms with Crippen LogP contribution in [-0.4, -0.2) is 14.2 Å². The van der Waals surface area contributed by atoms with Gasteiger partial charge in [-0.1, -0.05) is 24.3 Å². The minimum Gasteiger partial charge on any atom is -0.497 e. The molecule has 0 saturated carbocycles. The minimum absolute atomic E-state index is 0.545. The molecule has 2 rings (SSSR count). The molecule has 4 heteroatoms. The van der Waals surface area contributed by atoms with Crippen LogP contribution >= 0.6 is 0 Å². The summed E-state index contributed by atoms with van der Waals surface area (Å²) >= 11 is 0. The highest BCUT2D eigenvalue weighted by molar-refractivity contribution is 5.34. The molecule has 0 radical (unpaired) electrons. The van der Waals surface area contributed by atoms with Gasteiger partial charge in [-0.05, 0) is 35.4 Å². The van der Waals surface area contributed by atoms with E-state index in [4.69, 9.17) is 20.9 Å². The maximum Gasteiger partial charge on any atom is 0.118 e. The van der Waals surface area contributed by atoms with E-state index in [0.29, 0.717) is 6.42 Å². The Bertz CT molecular complexity index is 548. The number of benzene rings is 2. The van der Waals surface area contributed by atoms with Crippen LogP contribution in [-0.2, 0) is 12.1 Å². The summed E-state index contributed by atoms with van der Waals surface area (Å²) in [4.78, 5) is 0. The Morgan fingerprint density at radius 3 is 1.70 bits per heavy atom. The summed E-state index contributed by atoms with van der Waals surface area (Å²) in [6, 6.07) is 15.2. The van der Waals surface area contributed by atoms with Gasteiger partial charge in [0.15, 0.2) is 0 Å². The number of nitrogens with two attached hydrogens (primary N) is 2. The van der Waals surface area contributed by atoms with E-state index in [0.717, 1.165) is 22.6 Å². The zero-order valence-corrected chi connectivity index (χ0v) is 11.8. The lowest BCUT2D eigenvalue weighted by molar-refractivity contribution is 0.412. The van der Waals surface area contributed by atoms with Crippen LogP contribution in [0.1, 0.15) is 11.1 Å². The van der Waals surface area contributed by atoms with Crippen molar-refractivity contribution in [3.05, 3.63) is 59.7 Å². The van der Waals surface area contributed by atoms with Crippen molar-refractivity contribution in [3.8, 4) is 11.5 Å². The van der Waals surface area contributed by atoms with Crippen LogP contribution in [0.15, 0.2) is 48.5 Å². The maximum absolute atomic E-state index is 6.24. The van der Waals surface area contributed by atoms with Gasteiger partial charge in [0.1, 0.15) is 11.5 Å². The van der Waals surface area contributed by atoms with Crippen molar-refractivity contribution in [2.45, 2.75) is 12.1 Å². The molecule has 0 aliphatic rings. The Balaban J connectivity index is 2.15. The Hall–Kier alpha value is -2.04. The third-order valence-corrected chi connectivity index (χ3v) is 3.28. The molecular weight excluding hydrogens is 252 g/mol. The standard InChI is InChI=1S/C16H20N2O2/c1-19-14-7-3-12(4-8-14)11-16(17,18)13-5-9-15(20-2)10-6-13/h3-10H,11,17-18H2,1-2H3. The van der Waals surface area contributed by atoms with Crippen LogP contribution < -0.4 is 20.9 Å². The van der Waals surface area contributed by atoms with Crippen molar-refractivity contribution in [3.63, 3.8) is 0 Å². The zero-order chi connectivity index (χ0) is 14.6. The van der Waals surface area contributed by atoms with Crippen LogP contribution in [0.3, 0.4) is 0 Å². The second kappa shape index (κ2) is 5.94. The molecule has 0 atom stereocenters. The molecule has 0 saturated heterocycles. The molecule has 2 aromatic rings. The SMILES string of the molecule is COc1ccc(CC(N)(N)c2ccc(OC)cc2)cc1. The first kappa shape index (κ1) is 14.4. The highest BCUT2D eigenvalue weighted by Gasteiger charge is 2.22. The smallest absolute Gasteiger partial charge is 0.118 e. The van der Waals surface area contributed by atoms with E-state index in [9.17, 15) is 0 Å². The van der Waals surface area contributed by atoms with E-state index >= 15 is 0 Å². The van der Waals surface area contributed by atoms with Gasteiger partial charge in [0.2, 0.25) is 0 Å². The first-order valence-electron chi connectivity index (χ1n) is 6.40. The number of hydrogen-bond donors (Lipinski definition) is 2. The van der Waals surface area contributed by atoms with Crippen molar-refractivity contribution in [1.29, 1.82) is 0 Å². The molecule has 2 aromatic carbocycles. The third kappa shape index (κ3) is 3.29. The average Bonchev–Trinajstić information content (AvgIpc) is 2.48. The van der Waals surface area contributed by atoms with Gasteiger partial charge in [-0.3, -0.25) is 0 Å². The molecule has 0 aromatic heterocycles. The van der Waals surface area contributed by atoms with Gasteiger partial charge in [0.25, 0.3) is 0 Å². The molecule has 106 valence electrons. The van der Waals surface area contributed by atoms with E-state index in [1.165, 1.54) is 0 Å². The van der Waals surface area contributed by atoms with Gasteiger partial charge in [-0.25, -0.2) is 0 Å². The fraction of sp³-hybridized carbons (Fsp3) is 0.250. The molecule has 0 aliphatic carbocycles. The molecule has 20 heavy (non-hydrogen) atoms. The molecule has 0 spiro atoms. The van der Waals surface area contributed by atoms with Crippen molar-refractivity contribution in [2.24, 2.45) is 11.5 Å². The Morgan fingerprint density at radius 2 is 1.25 bits per heavy atom. The largest absolute Gasteiger partial charge is 0.497 e. The summed E-state index contributed by atoms with van der Waals surface area (Å²) in [6.45, 7) is 0. The van der Waals surface area contributed by atoms with Crippen LogP contribution in [0.5, 0.6) is 11.5 Å². The zero-order valence-electron chi connectivity index (χ0n) is 11.8. The van der Waals surface area contributed by atoms with Gasteiger partial charge >= 0.3 is 0 Å². The number of methoxy groups -OCH3 is 2. The lowest BCUT2D eigenvalue weighted by atomic mass is 9.93. The Labute approximate surface area is 119 Å². The van der Waals surface area contributed by atoms with Gasteiger partial charge in [-0.2, -0.15) is 0 Å². The molecule has 0 heterocycles. The average molecular weight is 272 g/mol. The molecule has 4 nitrogen and oxygen atoms in total. The summed E-state index contributed by atoms with van der Waals surface area (Å²) < 4.78 is 10.3. The highest BCUT2D eigenvalue weighted by atomic mass is 16.5. The first-order valence-corrected chi connectivity index (χ1v) is 6.40. The van der Waals surface area contributed by atoms with Crippen LogP contribution in [0.25, 0.3) is 0 Å². The number of ether oxygens (including phenoxy) is 2. The lowest BCUT2D eigenvalue weighted by Crippen LogP contribution is -2.48. The molecule has 0 aliphatic heterocycles. The second-order valence-corrected chi connectivity index (χ2v) is 4.79. The van der Waals surface area contributed by atoms with E-state index in [1.54, 1.807) is 14.2 Å². The van der Waals surface area contributed by atoms with E-state index in [-0.39, 0.29) is 0 Å². The fourth-order valence-electron chi connectivity index (χ4n) is 2.08. The number of rotatable bonds is 5. The lowest BCUT2D eigenvalue weighted by Gasteiger charge is -2.25. The quantitative estimate of drug-likeness (QED) is 0.817. The van der Waals surface area contributed by atoms with Crippen molar-refractivity contribution < 1.29 is 9.47 Å². The molecule has 0 fully saturated rings. The summed E-state index contributed by atoms with van der Waals surface area (Å²) in [5.74, 6) is 1.60. The summed E-state index contributed by atoms with van der Waals surface area (Å²) in [5.41, 5.74) is 13.5. The van der Waals surface area contributed by atoms with Crippen LogP contribution in [0.2, 0.25) is 0 Å². The van der Waals surface area contributed by atoms with E-state index < -0.39 is 5.66 Å². The van der Waals surface area contributed by atoms with Gasteiger partial charge in [0, 0.05) is 6.42 Å². The summed E-state index contributed by atoms with van der Waals surface area (Å²) in [7, 11) is 3.27. The van der Waals surface area contributed by atoms with Gasteiger partial charge < -0.3 is 20.9 Å². The molecular formula is C16H20N2O2. The monoisotopic (exact) mass is 272 g/mol. The summed E-state index contributed by atoms with van der Waals surface area (Å²) in [6.07, 6.45) is 0.545. The van der Waals surface area contributed by atoms with Crippen molar-refractivity contribution in [2.75, 3.05) is 14.2 Å². The number of hydrogen-bond acceptors (Lipinski definition) is 4. The predicted molar refractivity (Wildman–Crippen MR) is 79.7 cm³/mol. The van der Waals surface area contributed by atoms with Crippen LogP contribution in [0.4, 0.5) is 0 Å². The van der Waals surface area contributed by atoms with E-state index in [1.807, 2.05) is 48.5 Å². The second-order valence-electron chi connectivity index (χ2n) is 4.79. The predicted octanol–water partition coefficient (Wildman–Crippen LogP) is 2.02. The molecule has 0 bridgehead atoms. The topological polar surface area (TPSA) is 70.5 Å². The fourth-order valence-corrected chi connectivity index (χ4v) is 2.08. The maximum atomic E-state index is 6.24. The molecule has 0 unspecified atom stereocenters. The van der Waals surface area contributed by atoms with Crippen LogP contribution in [0, 0.1) is 0 Å². The third-order valence-electron chi connectivity index (χ3n) is 3.28. The Morgan fingerprint density at radius 1 is 0.800 bits per heavy atom. The van der Waals surface area contributed by atoms with Crippen molar-refractivity contribution in [1.82, 2.24) is 0 Å². The molecule has 0 amide bonds. The first-order chi connectivity index (χ1) is 9.55. The normalized spacial score (nSPS) is 11.2. The summed E-state index contributed by atoms with van der Waals surface area (Å²) in [5, 5.41) is 0. The van der Waals surface area contributed by atoms with Gasteiger partial charge in [-0.15, -0.1) is 0 Å². The van der Waals surface area contributed by atoms with Crippen molar-refractivity contribution >= 4 is 0 Å².